The molecular weight excluding hydrogens is 167 g/mol. The molecule has 2 aliphatic rings. The number of fused-ring (bicyclic) bond motifs is 5. The molecule has 2 aliphatic carbocycles. The lowest BCUT2D eigenvalue weighted by molar-refractivity contribution is -0.118. The lowest BCUT2D eigenvalue weighted by atomic mass is 9.97. The largest absolute Gasteiger partial charge is 0.298 e. The van der Waals surface area contributed by atoms with Crippen molar-refractivity contribution in [1.29, 1.82) is 0 Å². The second-order valence-electron chi connectivity index (χ2n) is 3.52. The van der Waals surface area contributed by atoms with Gasteiger partial charge in [-0.3, -0.25) is 4.79 Å². The van der Waals surface area contributed by atoms with Crippen molar-refractivity contribution in [3.8, 4) is 0 Å². The highest BCUT2D eigenvalue weighted by Gasteiger charge is 2.40. The Hall–Kier alpha value is -1.44. The van der Waals surface area contributed by atoms with Gasteiger partial charge in [-0.25, -0.2) is 4.39 Å². The number of allylic oxidation sites excluding steroid dienone is 2. The molecule has 0 radical (unpaired) electrons. The zero-order chi connectivity index (χ0) is 9.00. The van der Waals surface area contributed by atoms with E-state index in [1.165, 1.54) is 12.1 Å². The third-order valence-electron chi connectivity index (χ3n) is 2.83. The summed E-state index contributed by atoms with van der Waals surface area (Å²) in [4.78, 5) is 11.6. The average Bonchev–Trinajstić information content (AvgIpc) is 2.59. The fourth-order valence-corrected chi connectivity index (χ4v) is 2.22. The molecule has 0 aliphatic heterocycles. The van der Waals surface area contributed by atoms with Gasteiger partial charge in [-0.15, -0.1) is 0 Å². The minimum Gasteiger partial charge on any atom is -0.298 e. The molecule has 1 nitrogen and oxygen atoms in total. The number of ketones is 1. The Bertz CT molecular complexity index is 434. The number of hydrogen-bond donors (Lipinski definition) is 0. The quantitative estimate of drug-likeness (QED) is 0.551. The van der Waals surface area contributed by atoms with Crippen LogP contribution in [0.5, 0.6) is 0 Å². The topological polar surface area (TPSA) is 17.1 Å². The van der Waals surface area contributed by atoms with Crippen molar-refractivity contribution in [3.05, 3.63) is 47.3 Å². The average molecular weight is 174 g/mol. The van der Waals surface area contributed by atoms with Gasteiger partial charge in [0.15, 0.2) is 5.78 Å². The summed E-state index contributed by atoms with van der Waals surface area (Å²) in [6.45, 7) is 0. The molecule has 0 saturated heterocycles. The van der Waals surface area contributed by atoms with E-state index in [1.807, 2.05) is 12.2 Å². The molecule has 0 heterocycles. The van der Waals surface area contributed by atoms with E-state index in [2.05, 4.69) is 0 Å². The van der Waals surface area contributed by atoms with Crippen LogP contribution in [-0.2, 0) is 4.79 Å². The molecule has 0 fully saturated rings. The van der Waals surface area contributed by atoms with Crippen molar-refractivity contribution in [2.75, 3.05) is 0 Å². The maximum atomic E-state index is 12.9. The Morgan fingerprint density at radius 3 is 2.54 bits per heavy atom. The molecule has 13 heavy (non-hydrogen) atoms. The highest BCUT2D eigenvalue weighted by atomic mass is 19.1. The van der Waals surface area contributed by atoms with E-state index in [1.54, 1.807) is 6.07 Å². The van der Waals surface area contributed by atoms with Gasteiger partial charge in [0, 0.05) is 0 Å². The van der Waals surface area contributed by atoms with E-state index in [0.29, 0.717) is 0 Å². The van der Waals surface area contributed by atoms with Crippen LogP contribution in [-0.4, -0.2) is 5.78 Å². The Labute approximate surface area is 74.9 Å². The first-order valence-electron chi connectivity index (χ1n) is 4.29. The number of benzene rings is 1. The van der Waals surface area contributed by atoms with Crippen LogP contribution in [0.25, 0.3) is 0 Å². The molecule has 0 N–H and O–H groups in total. The van der Waals surface area contributed by atoms with Crippen LogP contribution < -0.4 is 0 Å². The number of halogens is 1. The molecule has 0 saturated carbocycles. The second kappa shape index (κ2) is 2.08. The SMILES string of the molecule is O=C1C2C=CC1c1cc(F)ccc12. The summed E-state index contributed by atoms with van der Waals surface area (Å²) in [6.07, 6.45) is 3.78. The van der Waals surface area contributed by atoms with Crippen molar-refractivity contribution in [2.24, 2.45) is 0 Å². The monoisotopic (exact) mass is 174 g/mol. The van der Waals surface area contributed by atoms with Gasteiger partial charge in [0.1, 0.15) is 5.82 Å². The molecule has 2 bridgehead atoms. The third-order valence-corrected chi connectivity index (χ3v) is 2.83. The van der Waals surface area contributed by atoms with Crippen molar-refractivity contribution >= 4 is 5.78 Å². The first-order valence-corrected chi connectivity index (χ1v) is 4.29. The van der Waals surface area contributed by atoms with Crippen LogP contribution in [0.15, 0.2) is 30.4 Å². The van der Waals surface area contributed by atoms with Crippen molar-refractivity contribution in [2.45, 2.75) is 11.8 Å². The summed E-state index contributed by atoms with van der Waals surface area (Å²) in [5, 5.41) is 0. The highest BCUT2D eigenvalue weighted by Crippen LogP contribution is 2.45. The minimum atomic E-state index is -0.257. The third kappa shape index (κ3) is 0.730. The first-order chi connectivity index (χ1) is 6.27. The normalized spacial score (nSPS) is 28.2. The van der Waals surface area contributed by atoms with Crippen LogP contribution in [0.4, 0.5) is 4.39 Å². The molecule has 1 aromatic carbocycles. The maximum absolute atomic E-state index is 12.9. The number of rotatable bonds is 0. The van der Waals surface area contributed by atoms with Gasteiger partial charge >= 0.3 is 0 Å². The number of hydrogen-bond acceptors (Lipinski definition) is 1. The molecule has 0 aromatic heterocycles. The van der Waals surface area contributed by atoms with Crippen LogP contribution in [0, 0.1) is 5.82 Å². The van der Waals surface area contributed by atoms with Gasteiger partial charge in [0.2, 0.25) is 0 Å². The standard InChI is InChI=1S/C11H7FO/c12-6-1-2-7-8-3-4-9(11(8)13)10(7)5-6/h1-5,8-9H. The van der Waals surface area contributed by atoms with Crippen LogP contribution in [0.1, 0.15) is 23.0 Å². The van der Waals surface area contributed by atoms with E-state index in [9.17, 15) is 9.18 Å². The number of carbonyl (C=O) groups excluding carboxylic acids is 1. The van der Waals surface area contributed by atoms with Crippen molar-refractivity contribution < 1.29 is 9.18 Å². The highest BCUT2D eigenvalue weighted by molar-refractivity contribution is 6.02. The fourth-order valence-electron chi connectivity index (χ4n) is 2.22. The van der Waals surface area contributed by atoms with Gasteiger partial charge in [-0.05, 0) is 23.3 Å². The molecule has 0 spiro atoms. The summed E-state index contributed by atoms with van der Waals surface area (Å²) in [7, 11) is 0. The molecule has 2 heteroatoms. The fraction of sp³-hybridized carbons (Fsp3) is 0.182. The summed E-state index contributed by atoms with van der Waals surface area (Å²) in [6, 6.07) is 4.61. The molecule has 1 aromatic rings. The number of carbonyl (C=O) groups is 1. The lowest BCUT2D eigenvalue weighted by Crippen LogP contribution is -2.00. The molecule has 2 unspecified atom stereocenters. The Morgan fingerprint density at radius 1 is 1.08 bits per heavy atom. The van der Waals surface area contributed by atoms with E-state index < -0.39 is 0 Å². The molecule has 64 valence electrons. The van der Waals surface area contributed by atoms with Crippen LogP contribution in [0.2, 0.25) is 0 Å². The van der Waals surface area contributed by atoms with Crippen molar-refractivity contribution in [1.82, 2.24) is 0 Å². The van der Waals surface area contributed by atoms with Gasteiger partial charge < -0.3 is 0 Å². The van der Waals surface area contributed by atoms with Gasteiger partial charge in [-0.1, -0.05) is 18.2 Å². The predicted octanol–water partition coefficient (Wildman–Crippen LogP) is 2.15. The predicted molar refractivity (Wildman–Crippen MR) is 46.0 cm³/mol. The first kappa shape index (κ1) is 7.01. The zero-order valence-electron chi connectivity index (χ0n) is 6.83. The van der Waals surface area contributed by atoms with E-state index >= 15 is 0 Å². The van der Waals surface area contributed by atoms with Crippen LogP contribution >= 0.6 is 0 Å². The van der Waals surface area contributed by atoms with Gasteiger partial charge in [-0.2, -0.15) is 0 Å². The second-order valence-corrected chi connectivity index (χ2v) is 3.52. The van der Waals surface area contributed by atoms with E-state index in [4.69, 9.17) is 0 Å². The molecule has 2 atom stereocenters. The Morgan fingerprint density at radius 2 is 1.77 bits per heavy atom. The van der Waals surface area contributed by atoms with E-state index in [0.717, 1.165) is 11.1 Å². The minimum absolute atomic E-state index is 0.0967. The number of Topliss-reactive ketones (excluding diaryl/α,β-unsaturated/α-hetero) is 1. The summed E-state index contributed by atoms with van der Waals surface area (Å²) >= 11 is 0. The Kier molecular flexibility index (Phi) is 1.12. The smallest absolute Gasteiger partial charge is 0.155 e. The van der Waals surface area contributed by atoms with Crippen LogP contribution in [0.3, 0.4) is 0 Å². The van der Waals surface area contributed by atoms with E-state index in [-0.39, 0.29) is 23.4 Å². The summed E-state index contributed by atoms with van der Waals surface area (Å²) in [5.74, 6) is -0.329. The zero-order valence-corrected chi connectivity index (χ0v) is 6.83. The maximum Gasteiger partial charge on any atom is 0.155 e. The van der Waals surface area contributed by atoms with Gasteiger partial charge in [0.25, 0.3) is 0 Å². The summed E-state index contributed by atoms with van der Waals surface area (Å²) in [5.41, 5.74) is 1.84. The van der Waals surface area contributed by atoms with Crippen molar-refractivity contribution in [3.63, 3.8) is 0 Å². The van der Waals surface area contributed by atoms with Gasteiger partial charge in [0.05, 0.1) is 11.8 Å². The lowest BCUT2D eigenvalue weighted by Gasteiger charge is -2.07. The molecular formula is C11H7FO. The Balaban J connectivity index is 2.28. The molecule has 0 amide bonds. The molecule has 3 rings (SSSR count). The summed E-state index contributed by atoms with van der Waals surface area (Å²) < 4.78 is 12.9.